The standard InChI is InChI=1S/C11H21N3O/c1-4-5-6-7-10-12-13-11(8-15)14(10)9(2)3/h9,15H,4-8H2,1-3H3. The maximum absolute atomic E-state index is 9.13. The van der Waals surface area contributed by atoms with E-state index < -0.39 is 0 Å². The first kappa shape index (κ1) is 12.2. The predicted octanol–water partition coefficient (Wildman–Crippen LogP) is 2.08. The molecule has 0 atom stereocenters. The van der Waals surface area contributed by atoms with E-state index in [0.717, 1.165) is 18.7 Å². The topological polar surface area (TPSA) is 50.9 Å². The van der Waals surface area contributed by atoms with Gasteiger partial charge in [0.15, 0.2) is 5.82 Å². The Labute approximate surface area is 91.3 Å². The Morgan fingerprint density at radius 3 is 2.40 bits per heavy atom. The second-order valence-electron chi connectivity index (χ2n) is 4.11. The van der Waals surface area contributed by atoms with Crippen LogP contribution in [-0.2, 0) is 13.0 Å². The van der Waals surface area contributed by atoms with E-state index in [-0.39, 0.29) is 6.61 Å². The van der Waals surface area contributed by atoms with Gasteiger partial charge in [-0.25, -0.2) is 0 Å². The third-order valence-corrected chi connectivity index (χ3v) is 2.50. The molecule has 15 heavy (non-hydrogen) atoms. The van der Waals surface area contributed by atoms with Crippen molar-refractivity contribution in [3.05, 3.63) is 11.6 Å². The van der Waals surface area contributed by atoms with Crippen molar-refractivity contribution in [1.82, 2.24) is 14.8 Å². The van der Waals surface area contributed by atoms with E-state index in [1.54, 1.807) is 0 Å². The number of aryl methyl sites for hydroxylation is 1. The first-order valence-corrected chi connectivity index (χ1v) is 5.74. The van der Waals surface area contributed by atoms with E-state index >= 15 is 0 Å². The van der Waals surface area contributed by atoms with Gasteiger partial charge in [0.25, 0.3) is 0 Å². The molecule has 1 rings (SSSR count). The fourth-order valence-corrected chi connectivity index (χ4v) is 1.77. The summed E-state index contributed by atoms with van der Waals surface area (Å²) < 4.78 is 2.04. The van der Waals surface area contributed by atoms with Gasteiger partial charge in [-0.3, -0.25) is 0 Å². The highest BCUT2D eigenvalue weighted by molar-refractivity contribution is 4.97. The molecule has 4 heteroatoms. The summed E-state index contributed by atoms with van der Waals surface area (Å²) in [5.74, 6) is 1.68. The molecule has 1 N–H and O–H groups in total. The van der Waals surface area contributed by atoms with E-state index in [1.165, 1.54) is 12.8 Å². The number of hydrogen-bond donors (Lipinski definition) is 1. The molecule has 0 aliphatic carbocycles. The van der Waals surface area contributed by atoms with E-state index in [0.29, 0.717) is 11.9 Å². The van der Waals surface area contributed by atoms with Crippen LogP contribution >= 0.6 is 0 Å². The smallest absolute Gasteiger partial charge is 0.159 e. The van der Waals surface area contributed by atoms with Crippen molar-refractivity contribution in [1.29, 1.82) is 0 Å². The molecule has 1 aromatic rings. The van der Waals surface area contributed by atoms with Gasteiger partial charge in [-0.05, 0) is 20.3 Å². The SMILES string of the molecule is CCCCCc1nnc(CO)n1C(C)C. The van der Waals surface area contributed by atoms with Gasteiger partial charge in [0.2, 0.25) is 0 Å². The minimum Gasteiger partial charge on any atom is -0.388 e. The summed E-state index contributed by atoms with van der Waals surface area (Å²) in [4.78, 5) is 0. The van der Waals surface area contributed by atoms with Gasteiger partial charge in [-0.1, -0.05) is 19.8 Å². The minimum absolute atomic E-state index is 0.0288. The van der Waals surface area contributed by atoms with Gasteiger partial charge in [0.05, 0.1) is 0 Å². The van der Waals surface area contributed by atoms with Crippen LogP contribution in [0.15, 0.2) is 0 Å². The molecule has 0 aliphatic heterocycles. The fraction of sp³-hybridized carbons (Fsp3) is 0.818. The lowest BCUT2D eigenvalue weighted by molar-refractivity contribution is 0.261. The van der Waals surface area contributed by atoms with Crippen molar-refractivity contribution >= 4 is 0 Å². The van der Waals surface area contributed by atoms with Crippen LogP contribution in [0, 0.1) is 0 Å². The van der Waals surface area contributed by atoms with Crippen LogP contribution < -0.4 is 0 Å². The molecule has 0 amide bonds. The number of hydrogen-bond acceptors (Lipinski definition) is 3. The first-order chi connectivity index (χ1) is 7.20. The van der Waals surface area contributed by atoms with E-state index in [1.807, 2.05) is 4.57 Å². The Morgan fingerprint density at radius 1 is 1.20 bits per heavy atom. The molecular weight excluding hydrogens is 190 g/mol. The van der Waals surface area contributed by atoms with E-state index in [9.17, 15) is 0 Å². The highest BCUT2D eigenvalue weighted by Crippen LogP contribution is 2.13. The number of aliphatic hydroxyl groups is 1. The van der Waals surface area contributed by atoms with Crippen molar-refractivity contribution in [3.63, 3.8) is 0 Å². The molecule has 0 unspecified atom stereocenters. The molecule has 4 nitrogen and oxygen atoms in total. The molecule has 1 heterocycles. The van der Waals surface area contributed by atoms with Crippen LogP contribution in [0.4, 0.5) is 0 Å². The first-order valence-electron chi connectivity index (χ1n) is 5.74. The van der Waals surface area contributed by atoms with E-state index in [2.05, 4.69) is 31.0 Å². The molecule has 86 valence electrons. The number of aromatic nitrogens is 3. The van der Waals surface area contributed by atoms with Crippen LogP contribution in [0.3, 0.4) is 0 Å². The number of nitrogens with zero attached hydrogens (tertiary/aromatic N) is 3. The maximum atomic E-state index is 9.13. The molecule has 0 saturated heterocycles. The molecule has 0 bridgehead atoms. The van der Waals surface area contributed by atoms with Crippen molar-refractivity contribution < 1.29 is 5.11 Å². The number of unbranched alkanes of at least 4 members (excludes halogenated alkanes) is 2. The second-order valence-corrected chi connectivity index (χ2v) is 4.11. The molecule has 0 spiro atoms. The third kappa shape index (κ3) is 3.02. The summed E-state index contributed by atoms with van der Waals surface area (Å²) in [7, 11) is 0. The van der Waals surface area contributed by atoms with Crippen molar-refractivity contribution in [2.24, 2.45) is 0 Å². The Bertz CT molecular complexity index is 294. The molecular formula is C11H21N3O. The van der Waals surface area contributed by atoms with Crippen molar-refractivity contribution in [3.8, 4) is 0 Å². The maximum Gasteiger partial charge on any atom is 0.159 e. The summed E-state index contributed by atoms with van der Waals surface area (Å²) >= 11 is 0. The average Bonchev–Trinajstić information content (AvgIpc) is 2.61. The molecule has 0 saturated carbocycles. The lowest BCUT2D eigenvalue weighted by Gasteiger charge is -2.12. The molecule has 0 aromatic carbocycles. The summed E-state index contributed by atoms with van der Waals surface area (Å²) in [5.41, 5.74) is 0. The van der Waals surface area contributed by atoms with Gasteiger partial charge in [-0.15, -0.1) is 10.2 Å². The summed E-state index contributed by atoms with van der Waals surface area (Å²) in [5, 5.41) is 17.3. The van der Waals surface area contributed by atoms with Gasteiger partial charge in [-0.2, -0.15) is 0 Å². The Hall–Kier alpha value is -0.900. The third-order valence-electron chi connectivity index (χ3n) is 2.50. The quantitative estimate of drug-likeness (QED) is 0.733. The lowest BCUT2D eigenvalue weighted by atomic mass is 10.2. The lowest BCUT2D eigenvalue weighted by Crippen LogP contribution is -2.10. The minimum atomic E-state index is -0.0288. The Kier molecular flexibility index (Phi) is 4.75. The summed E-state index contributed by atoms with van der Waals surface area (Å²) in [6.45, 7) is 6.34. The van der Waals surface area contributed by atoms with Crippen LogP contribution in [0.2, 0.25) is 0 Å². The number of rotatable bonds is 6. The fourth-order valence-electron chi connectivity index (χ4n) is 1.77. The Morgan fingerprint density at radius 2 is 1.87 bits per heavy atom. The van der Waals surface area contributed by atoms with Gasteiger partial charge in [0, 0.05) is 12.5 Å². The normalized spacial score (nSPS) is 11.3. The van der Waals surface area contributed by atoms with E-state index in [4.69, 9.17) is 5.11 Å². The van der Waals surface area contributed by atoms with Crippen LogP contribution in [0.1, 0.15) is 57.7 Å². The van der Waals surface area contributed by atoms with Gasteiger partial charge in [0.1, 0.15) is 12.4 Å². The zero-order chi connectivity index (χ0) is 11.3. The highest BCUT2D eigenvalue weighted by atomic mass is 16.3. The molecule has 0 radical (unpaired) electrons. The van der Waals surface area contributed by atoms with Crippen molar-refractivity contribution in [2.75, 3.05) is 0 Å². The summed E-state index contributed by atoms with van der Waals surface area (Å²) in [6.07, 6.45) is 4.54. The van der Waals surface area contributed by atoms with Crippen LogP contribution in [-0.4, -0.2) is 19.9 Å². The van der Waals surface area contributed by atoms with Gasteiger partial charge >= 0.3 is 0 Å². The van der Waals surface area contributed by atoms with Crippen LogP contribution in [0.5, 0.6) is 0 Å². The molecule has 0 aliphatic rings. The molecule has 1 aromatic heterocycles. The monoisotopic (exact) mass is 211 g/mol. The van der Waals surface area contributed by atoms with Crippen molar-refractivity contribution in [2.45, 2.75) is 59.1 Å². The average molecular weight is 211 g/mol. The van der Waals surface area contributed by atoms with Gasteiger partial charge < -0.3 is 9.67 Å². The largest absolute Gasteiger partial charge is 0.388 e. The Balaban J connectivity index is 2.73. The molecule has 0 fully saturated rings. The summed E-state index contributed by atoms with van der Waals surface area (Å²) in [6, 6.07) is 0.318. The zero-order valence-corrected chi connectivity index (χ0v) is 9.90. The predicted molar refractivity (Wildman–Crippen MR) is 59.6 cm³/mol. The highest BCUT2D eigenvalue weighted by Gasteiger charge is 2.12. The second kappa shape index (κ2) is 5.85. The number of aliphatic hydroxyl groups excluding tert-OH is 1. The van der Waals surface area contributed by atoms with Crippen LogP contribution in [0.25, 0.3) is 0 Å². The zero-order valence-electron chi connectivity index (χ0n) is 9.90.